The molecule has 2 rings (SSSR count). The van der Waals surface area contributed by atoms with Crippen molar-refractivity contribution in [2.75, 3.05) is 26.1 Å². The Morgan fingerprint density at radius 2 is 1.79 bits per heavy atom. The number of ketones is 1. The van der Waals surface area contributed by atoms with Crippen LogP contribution in [0.4, 0.5) is 5.69 Å². The molecule has 0 aliphatic heterocycles. The maximum atomic E-state index is 12.1. The Bertz CT molecular complexity index is 742. The van der Waals surface area contributed by atoms with Crippen molar-refractivity contribution < 1.29 is 23.8 Å². The third-order valence-corrected chi connectivity index (χ3v) is 3.29. The number of hydrogen-bond donors (Lipinski definition) is 1. The van der Waals surface area contributed by atoms with Gasteiger partial charge in [0.1, 0.15) is 17.2 Å². The summed E-state index contributed by atoms with van der Waals surface area (Å²) < 4.78 is 15.8. The highest BCUT2D eigenvalue weighted by atomic mass is 16.5. The Hall–Kier alpha value is -3.02. The van der Waals surface area contributed by atoms with Gasteiger partial charge < -0.3 is 19.5 Å². The van der Waals surface area contributed by atoms with Crippen LogP contribution in [-0.2, 0) is 4.79 Å². The number of Topliss-reactive ketones (excluding diaryl/α,β-unsaturated/α-hetero) is 1. The van der Waals surface area contributed by atoms with Gasteiger partial charge in [-0.3, -0.25) is 9.59 Å². The van der Waals surface area contributed by atoms with Crippen LogP contribution in [0.5, 0.6) is 17.2 Å². The number of rotatable bonds is 7. The predicted octanol–water partition coefficient (Wildman–Crippen LogP) is 2.92. The zero-order valence-corrected chi connectivity index (χ0v) is 13.8. The fourth-order valence-corrected chi connectivity index (χ4v) is 2.05. The molecule has 24 heavy (non-hydrogen) atoms. The Labute approximate surface area is 140 Å². The predicted molar refractivity (Wildman–Crippen MR) is 90.1 cm³/mol. The van der Waals surface area contributed by atoms with E-state index < -0.39 is 0 Å². The van der Waals surface area contributed by atoms with Crippen LogP contribution in [0.1, 0.15) is 17.3 Å². The molecule has 0 heterocycles. The summed E-state index contributed by atoms with van der Waals surface area (Å²) in [6, 6.07) is 11.8. The quantitative estimate of drug-likeness (QED) is 0.791. The standard InChI is InChI=1S/C18H19NO5/c1-12(20)13-5-4-6-15(9-13)24-11-18(21)19-16-10-14(22-2)7-8-17(16)23-3/h4-10H,11H2,1-3H3,(H,19,21). The van der Waals surface area contributed by atoms with Crippen molar-refractivity contribution in [1.29, 1.82) is 0 Å². The van der Waals surface area contributed by atoms with Crippen molar-refractivity contribution in [3.63, 3.8) is 0 Å². The molecule has 0 radical (unpaired) electrons. The minimum absolute atomic E-state index is 0.0639. The molecule has 0 aliphatic carbocycles. The summed E-state index contributed by atoms with van der Waals surface area (Å²) in [7, 11) is 3.06. The highest BCUT2D eigenvalue weighted by Gasteiger charge is 2.10. The SMILES string of the molecule is COc1ccc(OC)c(NC(=O)COc2cccc(C(C)=O)c2)c1. The molecular formula is C18H19NO5. The molecule has 0 unspecified atom stereocenters. The Kier molecular flexibility index (Phi) is 5.78. The molecule has 0 bridgehead atoms. The van der Waals surface area contributed by atoms with Gasteiger partial charge in [-0.05, 0) is 31.2 Å². The van der Waals surface area contributed by atoms with Gasteiger partial charge >= 0.3 is 0 Å². The van der Waals surface area contributed by atoms with Crippen molar-refractivity contribution in [2.45, 2.75) is 6.92 Å². The number of amides is 1. The van der Waals surface area contributed by atoms with E-state index in [1.54, 1.807) is 49.6 Å². The van der Waals surface area contributed by atoms with Crippen molar-refractivity contribution in [2.24, 2.45) is 0 Å². The van der Waals surface area contributed by atoms with E-state index in [2.05, 4.69) is 5.32 Å². The number of methoxy groups -OCH3 is 2. The van der Waals surface area contributed by atoms with Crippen LogP contribution in [0, 0.1) is 0 Å². The summed E-state index contributed by atoms with van der Waals surface area (Å²) in [6.07, 6.45) is 0. The first-order valence-electron chi connectivity index (χ1n) is 7.29. The van der Waals surface area contributed by atoms with Crippen molar-refractivity contribution in [1.82, 2.24) is 0 Å². The number of carbonyl (C=O) groups excluding carboxylic acids is 2. The molecule has 1 N–H and O–H groups in total. The van der Waals surface area contributed by atoms with Gasteiger partial charge in [-0.25, -0.2) is 0 Å². The molecule has 0 aliphatic rings. The van der Waals surface area contributed by atoms with Crippen molar-refractivity contribution in [3.8, 4) is 17.2 Å². The van der Waals surface area contributed by atoms with E-state index in [1.807, 2.05) is 0 Å². The largest absolute Gasteiger partial charge is 0.497 e. The third-order valence-electron chi connectivity index (χ3n) is 3.29. The lowest BCUT2D eigenvalue weighted by atomic mass is 10.1. The first-order chi connectivity index (χ1) is 11.5. The number of ether oxygens (including phenoxy) is 3. The van der Waals surface area contributed by atoms with E-state index >= 15 is 0 Å². The molecule has 6 nitrogen and oxygen atoms in total. The molecule has 0 saturated heterocycles. The molecular weight excluding hydrogens is 310 g/mol. The second kappa shape index (κ2) is 8.01. The summed E-state index contributed by atoms with van der Waals surface area (Å²) in [6.45, 7) is 1.28. The first-order valence-corrected chi connectivity index (χ1v) is 7.29. The Balaban J connectivity index is 2.01. The van der Waals surface area contributed by atoms with Crippen LogP contribution in [0.25, 0.3) is 0 Å². The van der Waals surface area contributed by atoms with Crippen LogP contribution in [-0.4, -0.2) is 32.5 Å². The fourth-order valence-electron chi connectivity index (χ4n) is 2.05. The first kappa shape index (κ1) is 17.3. The van der Waals surface area contributed by atoms with E-state index in [0.29, 0.717) is 28.5 Å². The maximum absolute atomic E-state index is 12.1. The number of hydrogen-bond acceptors (Lipinski definition) is 5. The number of nitrogens with one attached hydrogen (secondary N) is 1. The molecule has 0 fully saturated rings. The summed E-state index contributed by atoms with van der Waals surface area (Å²) in [5, 5.41) is 2.71. The third kappa shape index (κ3) is 4.49. The molecule has 1 amide bonds. The summed E-state index contributed by atoms with van der Waals surface area (Å²) in [5.41, 5.74) is 1.02. The average Bonchev–Trinajstić information content (AvgIpc) is 2.60. The van der Waals surface area contributed by atoms with Crippen LogP contribution >= 0.6 is 0 Å². The molecule has 0 atom stereocenters. The lowest BCUT2D eigenvalue weighted by Crippen LogP contribution is -2.20. The molecule has 0 aromatic heterocycles. The molecule has 0 saturated carbocycles. The minimum Gasteiger partial charge on any atom is -0.497 e. The number of carbonyl (C=O) groups is 2. The smallest absolute Gasteiger partial charge is 0.262 e. The fraction of sp³-hybridized carbons (Fsp3) is 0.222. The summed E-state index contributed by atoms with van der Waals surface area (Å²) >= 11 is 0. The monoisotopic (exact) mass is 329 g/mol. The van der Waals surface area contributed by atoms with Gasteiger partial charge in [0.25, 0.3) is 5.91 Å². The highest BCUT2D eigenvalue weighted by Crippen LogP contribution is 2.28. The zero-order chi connectivity index (χ0) is 17.5. The molecule has 2 aromatic rings. The molecule has 6 heteroatoms. The van der Waals surface area contributed by atoms with Crippen LogP contribution in [0.2, 0.25) is 0 Å². The van der Waals surface area contributed by atoms with Crippen LogP contribution in [0.15, 0.2) is 42.5 Å². The number of anilines is 1. The minimum atomic E-state index is -0.352. The maximum Gasteiger partial charge on any atom is 0.262 e. The second-order valence-electron chi connectivity index (χ2n) is 4.99. The lowest BCUT2D eigenvalue weighted by Gasteiger charge is -2.12. The van der Waals surface area contributed by atoms with Crippen LogP contribution < -0.4 is 19.5 Å². The second-order valence-corrected chi connectivity index (χ2v) is 4.99. The van der Waals surface area contributed by atoms with E-state index in [-0.39, 0.29) is 18.3 Å². The Morgan fingerprint density at radius 1 is 1.00 bits per heavy atom. The van der Waals surface area contributed by atoms with E-state index in [4.69, 9.17) is 14.2 Å². The topological polar surface area (TPSA) is 73.9 Å². The average molecular weight is 329 g/mol. The zero-order valence-electron chi connectivity index (χ0n) is 13.8. The van der Waals surface area contributed by atoms with Crippen molar-refractivity contribution in [3.05, 3.63) is 48.0 Å². The van der Waals surface area contributed by atoms with Gasteiger partial charge in [0.2, 0.25) is 0 Å². The molecule has 0 spiro atoms. The van der Waals surface area contributed by atoms with E-state index in [9.17, 15) is 9.59 Å². The lowest BCUT2D eigenvalue weighted by molar-refractivity contribution is -0.118. The van der Waals surface area contributed by atoms with E-state index in [0.717, 1.165) is 0 Å². The number of benzene rings is 2. The summed E-state index contributed by atoms with van der Waals surface area (Å²) in [5.74, 6) is 1.15. The van der Waals surface area contributed by atoms with Gasteiger partial charge in [-0.15, -0.1) is 0 Å². The normalized spacial score (nSPS) is 9.96. The van der Waals surface area contributed by atoms with Gasteiger partial charge in [0, 0.05) is 11.6 Å². The van der Waals surface area contributed by atoms with Gasteiger partial charge in [-0.1, -0.05) is 12.1 Å². The van der Waals surface area contributed by atoms with Gasteiger partial charge in [-0.2, -0.15) is 0 Å². The highest BCUT2D eigenvalue weighted by molar-refractivity contribution is 5.95. The van der Waals surface area contributed by atoms with Gasteiger partial charge in [0.15, 0.2) is 12.4 Å². The van der Waals surface area contributed by atoms with Crippen LogP contribution in [0.3, 0.4) is 0 Å². The van der Waals surface area contributed by atoms with E-state index in [1.165, 1.54) is 14.0 Å². The van der Waals surface area contributed by atoms with Gasteiger partial charge in [0.05, 0.1) is 19.9 Å². The molecule has 2 aromatic carbocycles. The van der Waals surface area contributed by atoms with Crippen molar-refractivity contribution >= 4 is 17.4 Å². The summed E-state index contributed by atoms with van der Waals surface area (Å²) in [4.78, 5) is 23.4. The Morgan fingerprint density at radius 3 is 2.46 bits per heavy atom. The molecule has 126 valence electrons.